The summed E-state index contributed by atoms with van der Waals surface area (Å²) in [6, 6.07) is 9.16. The predicted octanol–water partition coefficient (Wildman–Crippen LogP) is 2.39. The summed E-state index contributed by atoms with van der Waals surface area (Å²) in [7, 11) is 8.04. The number of hydrogen-bond acceptors (Lipinski definition) is 5. The average molecular weight is 358 g/mol. The number of hydrogen-bond donors (Lipinski definition) is 0. The third-order valence-electron chi connectivity index (χ3n) is 5.12. The second kappa shape index (κ2) is 8.64. The van der Waals surface area contributed by atoms with Crippen LogP contribution in [0.1, 0.15) is 36.1 Å². The van der Waals surface area contributed by atoms with Crippen LogP contribution in [-0.2, 0) is 17.6 Å². The first-order chi connectivity index (χ1) is 12.6. The maximum atomic E-state index is 5.21. The Labute approximate surface area is 156 Å². The van der Waals surface area contributed by atoms with E-state index in [2.05, 4.69) is 59.9 Å². The summed E-state index contributed by atoms with van der Waals surface area (Å²) in [5.41, 5.74) is 2.49. The van der Waals surface area contributed by atoms with E-state index in [4.69, 9.17) is 14.8 Å². The summed E-state index contributed by atoms with van der Waals surface area (Å²) in [6.07, 6.45) is 3.86. The first kappa shape index (κ1) is 18.9. The fourth-order valence-corrected chi connectivity index (χ4v) is 3.45. The van der Waals surface area contributed by atoms with E-state index < -0.39 is 0 Å². The Bertz CT molecular complexity index is 687. The molecule has 1 aromatic carbocycles. The smallest absolute Gasteiger partial charge is 0.153 e. The van der Waals surface area contributed by atoms with Gasteiger partial charge in [-0.1, -0.05) is 12.1 Å². The molecular formula is C20H31N5O. The van der Waals surface area contributed by atoms with Gasteiger partial charge in [-0.2, -0.15) is 5.10 Å². The molecule has 0 saturated carbocycles. The molecule has 0 amide bonds. The van der Waals surface area contributed by atoms with Crippen molar-refractivity contribution >= 4 is 5.69 Å². The van der Waals surface area contributed by atoms with Crippen LogP contribution in [-0.4, -0.2) is 67.6 Å². The Balaban J connectivity index is 1.80. The standard InChI is InChI=1S/C20H31N5O/c1-23(2)17-7-5-16(6-8-17)15-20-21-19(11-14-26-4)22-25(20)18-9-12-24(3)13-10-18/h5-8,18H,9-15H2,1-4H3. The molecule has 26 heavy (non-hydrogen) atoms. The zero-order chi connectivity index (χ0) is 18.5. The predicted molar refractivity (Wildman–Crippen MR) is 105 cm³/mol. The molecule has 0 spiro atoms. The number of likely N-dealkylation sites (tertiary alicyclic amines) is 1. The Hall–Kier alpha value is -1.92. The van der Waals surface area contributed by atoms with Gasteiger partial charge in [0.15, 0.2) is 5.82 Å². The number of ether oxygens (including phenoxy) is 1. The van der Waals surface area contributed by atoms with E-state index in [1.165, 1.54) is 11.3 Å². The van der Waals surface area contributed by atoms with Crippen LogP contribution < -0.4 is 4.90 Å². The zero-order valence-corrected chi connectivity index (χ0v) is 16.5. The van der Waals surface area contributed by atoms with Gasteiger partial charge < -0.3 is 14.5 Å². The largest absolute Gasteiger partial charge is 0.384 e. The summed E-state index contributed by atoms with van der Waals surface area (Å²) < 4.78 is 7.40. The van der Waals surface area contributed by atoms with Gasteiger partial charge in [-0.3, -0.25) is 0 Å². The summed E-state index contributed by atoms with van der Waals surface area (Å²) in [5, 5.41) is 4.84. The highest BCUT2D eigenvalue weighted by molar-refractivity contribution is 5.46. The van der Waals surface area contributed by atoms with Crippen LogP contribution in [0.15, 0.2) is 24.3 Å². The molecule has 1 fully saturated rings. The number of rotatable bonds is 7. The SMILES string of the molecule is COCCc1nc(Cc2ccc(N(C)C)cc2)n(C2CCN(C)CC2)n1. The number of anilines is 1. The quantitative estimate of drug-likeness (QED) is 0.761. The first-order valence-electron chi connectivity index (χ1n) is 9.45. The van der Waals surface area contributed by atoms with Crippen LogP contribution in [0.4, 0.5) is 5.69 Å². The van der Waals surface area contributed by atoms with Crippen molar-refractivity contribution < 1.29 is 4.74 Å². The summed E-state index contributed by atoms with van der Waals surface area (Å²) >= 11 is 0. The van der Waals surface area contributed by atoms with E-state index in [1.807, 2.05) is 0 Å². The highest BCUT2D eigenvalue weighted by atomic mass is 16.5. The summed E-state index contributed by atoms with van der Waals surface area (Å²) in [5.74, 6) is 1.97. The molecule has 2 heterocycles. The van der Waals surface area contributed by atoms with Crippen LogP contribution in [0.25, 0.3) is 0 Å². The molecule has 0 atom stereocenters. The van der Waals surface area contributed by atoms with Gasteiger partial charge in [-0.15, -0.1) is 0 Å². The maximum absolute atomic E-state index is 5.21. The van der Waals surface area contributed by atoms with Gasteiger partial charge in [-0.05, 0) is 50.7 Å². The molecule has 0 N–H and O–H groups in total. The average Bonchev–Trinajstić information content (AvgIpc) is 3.03. The number of methoxy groups -OCH3 is 1. The van der Waals surface area contributed by atoms with Gasteiger partial charge in [0.1, 0.15) is 5.82 Å². The molecule has 0 bridgehead atoms. The molecule has 0 aliphatic carbocycles. The topological polar surface area (TPSA) is 46.4 Å². The lowest BCUT2D eigenvalue weighted by Gasteiger charge is -2.29. The highest BCUT2D eigenvalue weighted by Crippen LogP contribution is 2.24. The van der Waals surface area contributed by atoms with Crippen molar-refractivity contribution in [3.63, 3.8) is 0 Å². The van der Waals surface area contributed by atoms with Crippen molar-refractivity contribution in [3.05, 3.63) is 41.5 Å². The van der Waals surface area contributed by atoms with Crippen molar-refractivity contribution in [1.29, 1.82) is 0 Å². The Morgan fingerprint density at radius 3 is 2.46 bits per heavy atom. The van der Waals surface area contributed by atoms with E-state index in [-0.39, 0.29) is 0 Å². The van der Waals surface area contributed by atoms with Gasteiger partial charge in [0.25, 0.3) is 0 Å². The minimum atomic E-state index is 0.450. The lowest BCUT2D eigenvalue weighted by Crippen LogP contribution is -2.32. The Morgan fingerprint density at radius 2 is 1.85 bits per heavy atom. The van der Waals surface area contributed by atoms with E-state index in [0.29, 0.717) is 12.6 Å². The van der Waals surface area contributed by atoms with Gasteiger partial charge >= 0.3 is 0 Å². The molecule has 6 heteroatoms. The molecule has 1 aliphatic rings. The number of aromatic nitrogens is 3. The Kier molecular flexibility index (Phi) is 6.27. The van der Waals surface area contributed by atoms with Gasteiger partial charge in [0.2, 0.25) is 0 Å². The van der Waals surface area contributed by atoms with Gasteiger partial charge in [0, 0.05) is 39.7 Å². The second-order valence-electron chi connectivity index (χ2n) is 7.40. The third kappa shape index (κ3) is 4.62. The van der Waals surface area contributed by atoms with E-state index in [9.17, 15) is 0 Å². The van der Waals surface area contributed by atoms with Crippen LogP contribution in [0, 0.1) is 0 Å². The Morgan fingerprint density at radius 1 is 1.15 bits per heavy atom. The van der Waals surface area contributed by atoms with E-state index >= 15 is 0 Å². The third-order valence-corrected chi connectivity index (χ3v) is 5.12. The zero-order valence-electron chi connectivity index (χ0n) is 16.5. The first-order valence-corrected chi connectivity index (χ1v) is 9.45. The van der Waals surface area contributed by atoms with Crippen molar-refractivity contribution in [2.24, 2.45) is 0 Å². The summed E-state index contributed by atoms with van der Waals surface area (Å²) in [6.45, 7) is 2.90. The van der Waals surface area contributed by atoms with Crippen molar-refractivity contribution in [2.45, 2.75) is 31.7 Å². The molecule has 2 aromatic rings. The van der Waals surface area contributed by atoms with Crippen molar-refractivity contribution in [3.8, 4) is 0 Å². The van der Waals surface area contributed by atoms with Crippen LogP contribution >= 0.6 is 0 Å². The van der Waals surface area contributed by atoms with Crippen LogP contribution in [0.5, 0.6) is 0 Å². The molecule has 0 radical (unpaired) electrons. The minimum absolute atomic E-state index is 0.450. The maximum Gasteiger partial charge on any atom is 0.153 e. The number of benzene rings is 1. The van der Waals surface area contributed by atoms with E-state index in [0.717, 1.165) is 50.4 Å². The monoisotopic (exact) mass is 357 g/mol. The van der Waals surface area contributed by atoms with Crippen molar-refractivity contribution in [1.82, 2.24) is 19.7 Å². The van der Waals surface area contributed by atoms with E-state index in [1.54, 1.807) is 7.11 Å². The lowest BCUT2D eigenvalue weighted by atomic mass is 10.1. The number of piperidine rings is 1. The highest BCUT2D eigenvalue weighted by Gasteiger charge is 2.23. The molecule has 3 rings (SSSR count). The van der Waals surface area contributed by atoms with Crippen LogP contribution in [0.3, 0.4) is 0 Å². The fraction of sp³-hybridized carbons (Fsp3) is 0.600. The summed E-state index contributed by atoms with van der Waals surface area (Å²) in [4.78, 5) is 9.35. The molecule has 1 saturated heterocycles. The van der Waals surface area contributed by atoms with Crippen LogP contribution in [0.2, 0.25) is 0 Å². The minimum Gasteiger partial charge on any atom is -0.384 e. The van der Waals surface area contributed by atoms with Gasteiger partial charge in [0.05, 0.1) is 12.6 Å². The fourth-order valence-electron chi connectivity index (χ4n) is 3.45. The van der Waals surface area contributed by atoms with Gasteiger partial charge in [-0.25, -0.2) is 9.67 Å². The van der Waals surface area contributed by atoms with Crippen molar-refractivity contribution in [2.75, 3.05) is 52.8 Å². The molecule has 1 aromatic heterocycles. The molecule has 142 valence electrons. The lowest BCUT2D eigenvalue weighted by molar-refractivity contribution is 0.198. The molecule has 6 nitrogen and oxygen atoms in total. The molecule has 1 aliphatic heterocycles. The second-order valence-corrected chi connectivity index (χ2v) is 7.40. The molecular weight excluding hydrogens is 326 g/mol. The molecule has 0 unspecified atom stereocenters. The number of nitrogens with zero attached hydrogens (tertiary/aromatic N) is 5. The normalized spacial score (nSPS) is 16.2.